The van der Waals surface area contributed by atoms with Crippen molar-refractivity contribution in [3.05, 3.63) is 46.8 Å². The molecule has 4 rings (SSSR count). The first kappa shape index (κ1) is 18.7. The van der Waals surface area contributed by atoms with Gasteiger partial charge in [0.1, 0.15) is 11.4 Å². The third-order valence-electron chi connectivity index (χ3n) is 5.57. The van der Waals surface area contributed by atoms with Gasteiger partial charge in [0.15, 0.2) is 0 Å². The van der Waals surface area contributed by atoms with E-state index in [0.29, 0.717) is 5.69 Å². The number of benzene rings is 1. The van der Waals surface area contributed by atoms with E-state index in [0.717, 1.165) is 75.0 Å². The van der Waals surface area contributed by atoms with Gasteiger partial charge in [-0.1, -0.05) is 12.1 Å². The van der Waals surface area contributed by atoms with Crippen LogP contribution in [0.2, 0.25) is 0 Å². The van der Waals surface area contributed by atoms with E-state index in [1.165, 1.54) is 0 Å². The number of anilines is 1. The molecule has 1 saturated heterocycles. The number of nitrogen functional groups attached to an aromatic ring is 1. The first-order valence-electron chi connectivity index (χ1n) is 10.0. The number of likely N-dealkylation sites (tertiary alicyclic amines) is 1. The molecule has 0 radical (unpaired) electrons. The standard InChI is InChI=1S/C21H27N5O2/c22-21-24-18-9-2-1-8-17(18)19(25-21)20(28)23-15-6-4-10-26(13-15)12-14-5-3-7-16(27)11-14/h3,5,7,11,15,27H,1-2,4,6,8-10,12-13H2,(H,23,28)(H2,22,24,25)/t15-/m1/s1. The van der Waals surface area contributed by atoms with Gasteiger partial charge in [-0.3, -0.25) is 9.69 Å². The summed E-state index contributed by atoms with van der Waals surface area (Å²) >= 11 is 0. The highest BCUT2D eigenvalue weighted by atomic mass is 16.3. The second kappa shape index (κ2) is 8.14. The fraction of sp³-hybridized carbons (Fsp3) is 0.476. The molecule has 1 aliphatic heterocycles. The van der Waals surface area contributed by atoms with E-state index in [4.69, 9.17) is 5.73 Å². The summed E-state index contributed by atoms with van der Waals surface area (Å²) in [6, 6.07) is 7.41. The van der Waals surface area contributed by atoms with Crippen LogP contribution in [-0.4, -0.2) is 45.0 Å². The van der Waals surface area contributed by atoms with E-state index in [-0.39, 0.29) is 23.6 Å². The molecular formula is C21H27N5O2. The van der Waals surface area contributed by atoms with Crippen LogP contribution in [0, 0.1) is 0 Å². The minimum Gasteiger partial charge on any atom is -0.508 e. The second-order valence-electron chi connectivity index (χ2n) is 7.78. The molecule has 148 valence electrons. The summed E-state index contributed by atoms with van der Waals surface area (Å²) in [6.07, 6.45) is 5.81. The number of fused-ring (bicyclic) bond motifs is 1. The van der Waals surface area contributed by atoms with Crippen molar-refractivity contribution in [2.75, 3.05) is 18.8 Å². The zero-order valence-corrected chi connectivity index (χ0v) is 16.0. The number of phenols is 1. The van der Waals surface area contributed by atoms with Crippen molar-refractivity contribution in [2.24, 2.45) is 0 Å². The van der Waals surface area contributed by atoms with Gasteiger partial charge in [-0.2, -0.15) is 0 Å². The van der Waals surface area contributed by atoms with E-state index >= 15 is 0 Å². The Morgan fingerprint density at radius 3 is 2.96 bits per heavy atom. The molecule has 7 nitrogen and oxygen atoms in total. The van der Waals surface area contributed by atoms with Crippen molar-refractivity contribution >= 4 is 11.9 Å². The van der Waals surface area contributed by atoms with Crippen LogP contribution in [0.25, 0.3) is 0 Å². The molecule has 2 aromatic rings. The maximum atomic E-state index is 12.9. The summed E-state index contributed by atoms with van der Waals surface area (Å²) in [5.74, 6) is 0.321. The molecule has 1 aromatic heterocycles. The van der Waals surface area contributed by atoms with Gasteiger partial charge in [0.05, 0.1) is 0 Å². The van der Waals surface area contributed by atoms with E-state index in [1.54, 1.807) is 12.1 Å². The zero-order chi connectivity index (χ0) is 19.5. The molecule has 0 saturated carbocycles. The van der Waals surface area contributed by atoms with Crippen LogP contribution >= 0.6 is 0 Å². The summed E-state index contributed by atoms with van der Waals surface area (Å²) in [7, 11) is 0. The Labute approximate surface area is 165 Å². The summed E-state index contributed by atoms with van der Waals surface area (Å²) in [5, 5.41) is 12.8. The van der Waals surface area contributed by atoms with Crippen LogP contribution in [-0.2, 0) is 19.4 Å². The average molecular weight is 381 g/mol. The number of rotatable bonds is 4. The van der Waals surface area contributed by atoms with Crippen molar-refractivity contribution < 1.29 is 9.90 Å². The molecule has 28 heavy (non-hydrogen) atoms. The fourth-order valence-corrected chi connectivity index (χ4v) is 4.28. The topological polar surface area (TPSA) is 104 Å². The normalized spacial score (nSPS) is 19.8. The van der Waals surface area contributed by atoms with Gasteiger partial charge in [-0.05, 0) is 62.8 Å². The zero-order valence-electron chi connectivity index (χ0n) is 16.0. The molecule has 1 aromatic carbocycles. The lowest BCUT2D eigenvalue weighted by atomic mass is 9.94. The summed E-state index contributed by atoms with van der Waals surface area (Å²) in [4.78, 5) is 23.8. The number of carbonyl (C=O) groups excluding carboxylic acids is 1. The third kappa shape index (κ3) is 4.25. The highest BCUT2D eigenvalue weighted by Gasteiger charge is 2.26. The van der Waals surface area contributed by atoms with E-state index in [1.807, 2.05) is 12.1 Å². The van der Waals surface area contributed by atoms with Crippen LogP contribution in [0.5, 0.6) is 5.75 Å². The molecule has 0 bridgehead atoms. The van der Waals surface area contributed by atoms with Crippen LogP contribution < -0.4 is 11.1 Å². The molecule has 7 heteroatoms. The SMILES string of the molecule is Nc1nc2c(c(C(=O)N[C@@H]3CCCN(Cc4cccc(O)c4)C3)n1)CCCC2. The predicted molar refractivity (Wildman–Crippen MR) is 107 cm³/mol. The van der Waals surface area contributed by atoms with E-state index < -0.39 is 0 Å². The summed E-state index contributed by atoms with van der Waals surface area (Å²) < 4.78 is 0. The lowest BCUT2D eigenvalue weighted by molar-refractivity contribution is 0.0894. The van der Waals surface area contributed by atoms with Crippen LogP contribution in [0.4, 0.5) is 5.95 Å². The number of nitrogens with one attached hydrogen (secondary N) is 1. The van der Waals surface area contributed by atoms with Crippen LogP contribution in [0.15, 0.2) is 24.3 Å². The van der Waals surface area contributed by atoms with Gasteiger partial charge in [0.25, 0.3) is 5.91 Å². The number of hydrogen-bond acceptors (Lipinski definition) is 6. The Balaban J connectivity index is 1.43. The number of hydrogen-bond donors (Lipinski definition) is 3. The van der Waals surface area contributed by atoms with Crippen molar-refractivity contribution in [1.29, 1.82) is 0 Å². The molecule has 0 unspecified atom stereocenters. The Morgan fingerprint density at radius 1 is 1.25 bits per heavy atom. The number of aromatic hydroxyl groups is 1. The number of aromatic nitrogens is 2. The molecule has 1 fully saturated rings. The fourth-order valence-electron chi connectivity index (χ4n) is 4.28. The van der Waals surface area contributed by atoms with Gasteiger partial charge in [-0.15, -0.1) is 0 Å². The Kier molecular flexibility index (Phi) is 5.43. The number of nitrogens with zero attached hydrogens (tertiary/aromatic N) is 3. The monoisotopic (exact) mass is 381 g/mol. The Morgan fingerprint density at radius 2 is 2.11 bits per heavy atom. The third-order valence-corrected chi connectivity index (χ3v) is 5.57. The number of phenolic OH excluding ortho intramolecular Hbond substituents is 1. The molecule has 1 amide bonds. The smallest absolute Gasteiger partial charge is 0.270 e. The quantitative estimate of drug-likeness (QED) is 0.749. The van der Waals surface area contributed by atoms with Gasteiger partial charge in [0.2, 0.25) is 5.95 Å². The highest BCUT2D eigenvalue weighted by molar-refractivity contribution is 5.94. The Bertz CT molecular complexity index is 870. The molecule has 1 aliphatic carbocycles. The van der Waals surface area contributed by atoms with Crippen molar-refractivity contribution in [1.82, 2.24) is 20.2 Å². The first-order chi connectivity index (χ1) is 13.6. The lowest BCUT2D eigenvalue weighted by Crippen LogP contribution is -2.47. The van der Waals surface area contributed by atoms with Crippen molar-refractivity contribution in [2.45, 2.75) is 51.1 Å². The minimum absolute atomic E-state index is 0.0778. The van der Waals surface area contributed by atoms with Crippen molar-refractivity contribution in [3.63, 3.8) is 0 Å². The first-order valence-corrected chi connectivity index (χ1v) is 10.0. The second-order valence-corrected chi connectivity index (χ2v) is 7.78. The molecular weight excluding hydrogens is 354 g/mol. The maximum absolute atomic E-state index is 12.9. The highest BCUT2D eigenvalue weighted by Crippen LogP contribution is 2.23. The number of carbonyl (C=O) groups is 1. The van der Waals surface area contributed by atoms with E-state index in [9.17, 15) is 9.90 Å². The predicted octanol–water partition coefficient (Wildman–Crippen LogP) is 2.04. The minimum atomic E-state index is -0.142. The molecule has 4 N–H and O–H groups in total. The summed E-state index contributed by atoms with van der Waals surface area (Å²) in [5.41, 5.74) is 9.26. The van der Waals surface area contributed by atoms with Gasteiger partial charge in [-0.25, -0.2) is 9.97 Å². The maximum Gasteiger partial charge on any atom is 0.270 e. The van der Waals surface area contributed by atoms with E-state index in [2.05, 4.69) is 20.2 Å². The van der Waals surface area contributed by atoms with Gasteiger partial charge >= 0.3 is 0 Å². The molecule has 2 aliphatic rings. The average Bonchev–Trinajstić information content (AvgIpc) is 2.67. The van der Waals surface area contributed by atoms with Crippen LogP contribution in [0.1, 0.15) is 53.0 Å². The summed E-state index contributed by atoms with van der Waals surface area (Å²) in [6.45, 7) is 2.53. The number of amides is 1. The number of piperidine rings is 1. The van der Waals surface area contributed by atoms with Gasteiger partial charge < -0.3 is 16.2 Å². The molecule has 1 atom stereocenters. The lowest BCUT2D eigenvalue weighted by Gasteiger charge is -2.33. The van der Waals surface area contributed by atoms with Crippen LogP contribution in [0.3, 0.4) is 0 Å². The van der Waals surface area contributed by atoms with Crippen molar-refractivity contribution in [3.8, 4) is 5.75 Å². The molecule has 2 heterocycles. The van der Waals surface area contributed by atoms with Gasteiger partial charge in [0, 0.05) is 30.4 Å². The largest absolute Gasteiger partial charge is 0.508 e. The molecule has 0 spiro atoms. The number of nitrogens with two attached hydrogens (primary N) is 1. The number of aryl methyl sites for hydroxylation is 1. The Hall–Kier alpha value is -2.67.